The Morgan fingerprint density at radius 3 is 2.53 bits per heavy atom. The molecule has 1 aliphatic rings. The van der Waals surface area contributed by atoms with Crippen LogP contribution in [0.15, 0.2) is 0 Å². The summed E-state index contributed by atoms with van der Waals surface area (Å²) in [5.74, 6) is -1.04. The minimum atomic E-state index is -1.53. The monoisotopic (exact) mass is 232 g/mol. The average Bonchev–Trinajstić information content (AvgIpc) is 2.52. The van der Waals surface area contributed by atoms with E-state index in [0.717, 1.165) is 12.5 Å². The van der Waals surface area contributed by atoms with Crippen LogP contribution in [0, 0.1) is 5.92 Å². The Bertz CT molecular complexity index is 239. The largest absolute Gasteiger partial charge is 0.400 e. The second-order valence-corrected chi connectivity index (χ2v) is 5.91. The molecule has 1 saturated heterocycles. The molecule has 1 aliphatic heterocycles. The second-order valence-electron chi connectivity index (χ2n) is 3.53. The highest BCUT2D eigenvalue weighted by molar-refractivity contribution is 6.44. The van der Waals surface area contributed by atoms with Gasteiger partial charge in [-0.3, -0.25) is 9.59 Å². The molecule has 0 spiro atoms. The zero-order valence-corrected chi connectivity index (χ0v) is 10.2. The van der Waals surface area contributed by atoms with Crippen LogP contribution in [0.5, 0.6) is 0 Å². The summed E-state index contributed by atoms with van der Waals surface area (Å²) in [6.45, 7) is 0. The summed E-state index contributed by atoms with van der Waals surface area (Å²) in [6.07, 6.45) is 1.75. The number of esters is 2. The molecule has 1 heterocycles. The zero-order chi connectivity index (χ0) is 11.3. The summed E-state index contributed by atoms with van der Waals surface area (Å²) in [5.41, 5.74) is 0. The molecule has 0 aromatic rings. The van der Waals surface area contributed by atoms with Gasteiger partial charge < -0.3 is 13.6 Å². The lowest BCUT2D eigenvalue weighted by Crippen LogP contribution is -2.19. The van der Waals surface area contributed by atoms with Crippen LogP contribution in [0.4, 0.5) is 0 Å². The standard InChI is InChI=1S/C9H16O5Si/c1-12-15(13-2)5-3-4-7-6-8(10)14-9(7)11/h7,15H,3-6H2,1-2H3. The minimum Gasteiger partial charge on any atom is -0.400 e. The maximum Gasteiger partial charge on any atom is 0.320 e. The fourth-order valence-electron chi connectivity index (χ4n) is 1.60. The van der Waals surface area contributed by atoms with E-state index in [4.69, 9.17) is 8.85 Å². The van der Waals surface area contributed by atoms with Crippen molar-refractivity contribution in [1.82, 2.24) is 0 Å². The smallest absolute Gasteiger partial charge is 0.320 e. The molecule has 86 valence electrons. The maximum absolute atomic E-state index is 11.1. The number of carbonyl (C=O) groups is 2. The number of rotatable bonds is 6. The van der Waals surface area contributed by atoms with Gasteiger partial charge >= 0.3 is 21.2 Å². The predicted octanol–water partition coefficient (Wildman–Crippen LogP) is 0.370. The van der Waals surface area contributed by atoms with Crippen molar-refractivity contribution in [2.45, 2.75) is 25.3 Å². The molecule has 1 unspecified atom stereocenters. The van der Waals surface area contributed by atoms with Crippen molar-refractivity contribution >= 4 is 21.2 Å². The highest BCUT2D eigenvalue weighted by Crippen LogP contribution is 2.22. The molecule has 1 rings (SSSR count). The predicted molar refractivity (Wildman–Crippen MR) is 54.4 cm³/mol. The third-order valence-corrected chi connectivity index (χ3v) is 4.41. The molecule has 0 saturated carbocycles. The summed E-state index contributed by atoms with van der Waals surface area (Å²) in [4.78, 5) is 21.9. The fraction of sp³-hybridized carbons (Fsp3) is 0.778. The Balaban J connectivity index is 2.20. The quantitative estimate of drug-likeness (QED) is 0.376. The summed E-state index contributed by atoms with van der Waals surface area (Å²) < 4.78 is 14.7. The molecule has 1 fully saturated rings. The van der Waals surface area contributed by atoms with E-state index in [9.17, 15) is 9.59 Å². The van der Waals surface area contributed by atoms with Crippen LogP contribution in [0.25, 0.3) is 0 Å². The summed E-state index contributed by atoms with van der Waals surface area (Å²) in [6, 6.07) is 0.852. The molecular weight excluding hydrogens is 216 g/mol. The van der Waals surface area contributed by atoms with Crippen molar-refractivity contribution in [1.29, 1.82) is 0 Å². The van der Waals surface area contributed by atoms with Crippen molar-refractivity contribution in [3.63, 3.8) is 0 Å². The second kappa shape index (κ2) is 5.99. The molecule has 15 heavy (non-hydrogen) atoms. The van der Waals surface area contributed by atoms with E-state index in [2.05, 4.69) is 4.74 Å². The van der Waals surface area contributed by atoms with Gasteiger partial charge in [-0.1, -0.05) is 6.42 Å². The van der Waals surface area contributed by atoms with Crippen LogP contribution >= 0.6 is 0 Å². The van der Waals surface area contributed by atoms with Gasteiger partial charge in [-0.25, -0.2) is 0 Å². The van der Waals surface area contributed by atoms with Gasteiger partial charge in [0.05, 0.1) is 12.3 Å². The van der Waals surface area contributed by atoms with Gasteiger partial charge in [0.1, 0.15) is 0 Å². The van der Waals surface area contributed by atoms with Gasteiger partial charge in [0.2, 0.25) is 0 Å². The molecule has 0 N–H and O–H groups in total. The highest BCUT2D eigenvalue weighted by Gasteiger charge is 2.32. The first-order valence-corrected chi connectivity index (χ1v) is 6.73. The van der Waals surface area contributed by atoms with Crippen molar-refractivity contribution in [2.24, 2.45) is 5.92 Å². The molecule has 0 radical (unpaired) electrons. The van der Waals surface area contributed by atoms with E-state index in [1.165, 1.54) is 0 Å². The van der Waals surface area contributed by atoms with Crippen molar-refractivity contribution in [3.05, 3.63) is 0 Å². The normalized spacial score (nSPS) is 21.1. The molecule has 0 amide bonds. The Kier molecular flexibility index (Phi) is 4.93. The first-order chi connectivity index (χ1) is 7.17. The molecule has 0 aromatic carbocycles. The third kappa shape index (κ3) is 3.73. The van der Waals surface area contributed by atoms with Crippen molar-refractivity contribution in [2.75, 3.05) is 14.2 Å². The topological polar surface area (TPSA) is 61.8 Å². The van der Waals surface area contributed by atoms with E-state index in [1.54, 1.807) is 14.2 Å². The molecule has 5 nitrogen and oxygen atoms in total. The fourth-order valence-corrected chi connectivity index (χ4v) is 2.84. The zero-order valence-electron chi connectivity index (χ0n) is 9.02. The van der Waals surface area contributed by atoms with Crippen LogP contribution in [0.2, 0.25) is 6.04 Å². The van der Waals surface area contributed by atoms with E-state index in [-0.39, 0.29) is 18.3 Å². The van der Waals surface area contributed by atoms with Crippen molar-refractivity contribution in [3.8, 4) is 0 Å². The van der Waals surface area contributed by atoms with Gasteiger partial charge in [0, 0.05) is 14.2 Å². The van der Waals surface area contributed by atoms with Crippen molar-refractivity contribution < 1.29 is 23.2 Å². The molecule has 0 bridgehead atoms. The third-order valence-electron chi connectivity index (χ3n) is 2.48. The first kappa shape index (κ1) is 12.3. The Hall–Kier alpha value is -0.723. The van der Waals surface area contributed by atoms with Crippen LogP contribution < -0.4 is 0 Å². The molecule has 6 heteroatoms. The van der Waals surface area contributed by atoms with Gasteiger partial charge in [-0.05, 0) is 12.5 Å². The van der Waals surface area contributed by atoms with Crippen LogP contribution in [0.1, 0.15) is 19.3 Å². The number of hydrogen-bond donors (Lipinski definition) is 0. The van der Waals surface area contributed by atoms with Crippen LogP contribution in [-0.4, -0.2) is 35.4 Å². The SMILES string of the molecule is CO[SiH](CCCC1CC(=O)OC1=O)OC. The lowest BCUT2D eigenvalue weighted by atomic mass is 10.0. The van der Waals surface area contributed by atoms with E-state index in [0.29, 0.717) is 6.42 Å². The summed E-state index contributed by atoms with van der Waals surface area (Å²) >= 11 is 0. The van der Waals surface area contributed by atoms with Crippen LogP contribution in [0.3, 0.4) is 0 Å². The van der Waals surface area contributed by atoms with E-state index in [1.807, 2.05) is 0 Å². The highest BCUT2D eigenvalue weighted by atomic mass is 28.3. The van der Waals surface area contributed by atoms with Gasteiger partial charge in [-0.2, -0.15) is 0 Å². The molecule has 0 aromatic heterocycles. The van der Waals surface area contributed by atoms with Crippen LogP contribution in [-0.2, 0) is 23.2 Å². The Morgan fingerprint density at radius 2 is 2.07 bits per heavy atom. The summed E-state index contributed by atoms with van der Waals surface area (Å²) in [5, 5.41) is 0. The average molecular weight is 232 g/mol. The molecular formula is C9H16O5Si. The Labute approximate surface area is 90.5 Å². The number of ether oxygens (including phenoxy) is 1. The number of carbonyl (C=O) groups excluding carboxylic acids is 2. The van der Waals surface area contributed by atoms with E-state index < -0.39 is 15.3 Å². The number of hydrogen-bond acceptors (Lipinski definition) is 5. The Morgan fingerprint density at radius 1 is 1.40 bits per heavy atom. The van der Waals surface area contributed by atoms with Gasteiger partial charge in [0.15, 0.2) is 0 Å². The minimum absolute atomic E-state index is 0.227. The van der Waals surface area contributed by atoms with Gasteiger partial charge in [-0.15, -0.1) is 0 Å². The molecule has 0 aliphatic carbocycles. The first-order valence-electron chi connectivity index (χ1n) is 4.97. The van der Waals surface area contributed by atoms with E-state index >= 15 is 0 Å². The lowest BCUT2D eigenvalue weighted by molar-refractivity contribution is -0.153. The lowest BCUT2D eigenvalue weighted by Gasteiger charge is -2.10. The molecule has 1 atom stereocenters. The maximum atomic E-state index is 11.1. The van der Waals surface area contributed by atoms with Gasteiger partial charge in [0.25, 0.3) is 0 Å². The number of cyclic esters (lactones) is 2. The summed E-state index contributed by atoms with van der Waals surface area (Å²) in [7, 11) is 1.74.